The summed E-state index contributed by atoms with van der Waals surface area (Å²) < 4.78 is 12.5. The molecular weight excluding hydrogens is 729 g/mol. The van der Waals surface area contributed by atoms with Crippen LogP contribution in [-0.4, -0.2) is 72.0 Å². The highest BCUT2D eigenvalue weighted by atomic mass is 32.1. The maximum atomic E-state index is 13.6. The average Bonchev–Trinajstić information content (AvgIpc) is 3.53. The molecule has 56 heavy (non-hydrogen) atoms. The lowest BCUT2D eigenvalue weighted by Gasteiger charge is -2.23. The summed E-state index contributed by atoms with van der Waals surface area (Å²) in [6.07, 6.45) is 3.54. The number of aliphatic hydroxyl groups excluding tert-OH is 1. The molecule has 2 aliphatic rings. The number of hydrogen-bond acceptors (Lipinski definition) is 9. The van der Waals surface area contributed by atoms with Gasteiger partial charge in [-0.1, -0.05) is 74.4 Å². The summed E-state index contributed by atoms with van der Waals surface area (Å²) in [5.74, 6) is 1.38. The Kier molecular flexibility index (Phi) is 12.5. The summed E-state index contributed by atoms with van der Waals surface area (Å²) in [5, 5.41) is 30.0. The number of thiophene rings is 1. The molecule has 1 aliphatic carbocycles. The first-order chi connectivity index (χ1) is 27.3. The number of aromatic amines is 1. The predicted octanol–water partition coefficient (Wildman–Crippen LogP) is 5.55. The summed E-state index contributed by atoms with van der Waals surface area (Å²) in [7, 11) is 0. The van der Waals surface area contributed by atoms with Gasteiger partial charge in [-0.15, -0.1) is 11.3 Å². The van der Waals surface area contributed by atoms with Gasteiger partial charge >= 0.3 is 6.09 Å². The highest BCUT2D eigenvalue weighted by molar-refractivity contribution is 7.10. The van der Waals surface area contributed by atoms with Gasteiger partial charge in [-0.25, -0.2) is 4.79 Å². The van der Waals surface area contributed by atoms with Crippen molar-refractivity contribution in [1.82, 2.24) is 15.6 Å². The smallest absolute Gasteiger partial charge is 0.408 e. The lowest BCUT2D eigenvalue weighted by molar-refractivity contribution is -0.886. The van der Waals surface area contributed by atoms with Gasteiger partial charge in [-0.2, -0.15) is 0 Å². The van der Waals surface area contributed by atoms with E-state index in [0.717, 1.165) is 66.3 Å². The van der Waals surface area contributed by atoms with Crippen molar-refractivity contribution in [2.75, 3.05) is 39.3 Å². The number of unbranched alkanes of at least 4 members (excludes halogenated alkanes) is 3. The van der Waals surface area contributed by atoms with Gasteiger partial charge in [-0.05, 0) is 72.6 Å². The zero-order valence-electron chi connectivity index (χ0n) is 31.7. The van der Waals surface area contributed by atoms with Gasteiger partial charge in [0.1, 0.15) is 24.6 Å². The van der Waals surface area contributed by atoms with Crippen LogP contribution < -0.4 is 25.8 Å². The van der Waals surface area contributed by atoms with Gasteiger partial charge in [0.15, 0.2) is 5.60 Å². The summed E-state index contributed by atoms with van der Waals surface area (Å²) in [6.45, 7) is 5.67. The number of benzene rings is 3. The van der Waals surface area contributed by atoms with E-state index < -0.39 is 23.8 Å². The second-order valence-corrected chi connectivity index (χ2v) is 16.0. The number of fused-ring (bicyclic) bond motifs is 2. The van der Waals surface area contributed by atoms with E-state index in [-0.39, 0.29) is 23.0 Å². The van der Waals surface area contributed by atoms with E-state index in [1.54, 1.807) is 23.5 Å². The van der Waals surface area contributed by atoms with Crippen LogP contribution in [0.1, 0.15) is 77.5 Å². The molecule has 11 nitrogen and oxygen atoms in total. The monoisotopic (exact) mass is 779 g/mol. The molecule has 7 rings (SSSR count). The lowest BCUT2D eigenvalue weighted by atomic mass is 10.0. The van der Waals surface area contributed by atoms with Crippen molar-refractivity contribution < 1.29 is 34.2 Å². The van der Waals surface area contributed by atoms with Gasteiger partial charge in [-0.3, -0.25) is 9.59 Å². The van der Waals surface area contributed by atoms with Crippen LogP contribution in [0, 0.1) is 11.8 Å². The number of piperidine rings is 1. The fraction of sp³-hybridized carbons (Fsp3) is 0.386. The minimum atomic E-state index is -0.783. The number of likely N-dealkylation sites (tertiary alicyclic amines) is 1. The molecule has 0 spiro atoms. The van der Waals surface area contributed by atoms with Gasteiger partial charge < -0.3 is 40.2 Å². The fourth-order valence-corrected chi connectivity index (χ4v) is 9.31. The minimum Gasteiger partial charge on any atom is -0.506 e. The Hall–Kier alpha value is -5.01. The van der Waals surface area contributed by atoms with Crippen LogP contribution in [0.5, 0.6) is 11.5 Å². The van der Waals surface area contributed by atoms with Crippen molar-refractivity contribution in [3.05, 3.63) is 128 Å². The molecule has 6 atom stereocenters. The van der Waals surface area contributed by atoms with Gasteiger partial charge in [0.2, 0.25) is 11.3 Å². The number of carbonyl (C=O) groups is 2. The number of quaternary nitrogens is 1. The van der Waals surface area contributed by atoms with Gasteiger partial charge in [0, 0.05) is 34.4 Å². The van der Waals surface area contributed by atoms with Crippen LogP contribution in [0.3, 0.4) is 0 Å². The van der Waals surface area contributed by atoms with Crippen molar-refractivity contribution in [2.24, 2.45) is 11.8 Å². The molecule has 2 aromatic heterocycles. The number of H-pyrrole nitrogens is 1. The van der Waals surface area contributed by atoms with Crippen molar-refractivity contribution in [2.45, 2.75) is 56.8 Å². The minimum absolute atomic E-state index is 0.0277. The average molecular weight is 780 g/mol. The molecule has 1 aliphatic heterocycles. The molecule has 3 heterocycles. The van der Waals surface area contributed by atoms with Crippen LogP contribution in [0.4, 0.5) is 4.79 Å². The van der Waals surface area contributed by atoms with E-state index in [2.05, 4.69) is 22.5 Å². The number of amides is 1. The Labute approximate surface area is 330 Å². The van der Waals surface area contributed by atoms with Gasteiger partial charge in [0.05, 0.1) is 36.7 Å². The van der Waals surface area contributed by atoms with Crippen molar-refractivity contribution in [1.29, 1.82) is 0 Å². The predicted molar refractivity (Wildman–Crippen MR) is 217 cm³/mol. The molecule has 1 amide bonds. The second-order valence-electron chi connectivity index (χ2n) is 15.0. The maximum Gasteiger partial charge on any atom is 0.408 e. The van der Waals surface area contributed by atoms with Crippen LogP contribution in [0.15, 0.2) is 101 Å². The summed E-state index contributed by atoms with van der Waals surface area (Å²) >= 11 is 1.58. The number of ketones is 1. The van der Waals surface area contributed by atoms with E-state index in [0.29, 0.717) is 54.2 Å². The number of aliphatic hydroxyl groups is 1. The van der Waals surface area contributed by atoms with Crippen LogP contribution in [0.2, 0.25) is 0 Å². The molecule has 1 saturated carbocycles. The molecule has 0 bridgehead atoms. The number of alkyl carbamates (subject to hydrolysis) is 1. The number of hydrogen-bond donors (Lipinski definition) is 6. The molecule has 4 unspecified atom stereocenters. The Balaban J connectivity index is 0.855. The molecule has 6 N–H and O–H groups in total. The summed E-state index contributed by atoms with van der Waals surface area (Å²) in [4.78, 5) is 43.1. The Bertz CT molecular complexity index is 2160. The molecule has 0 radical (unpaired) electrons. The second kappa shape index (κ2) is 17.8. The first kappa shape index (κ1) is 39.2. The molecule has 3 aromatic carbocycles. The van der Waals surface area contributed by atoms with E-state index in [4.69, 9.17) is 9.47 Å². The fourth-order valence-electron chi connectivity index (χ4n) is 8.50. The molecule has 5 aromatic rings. The summed E-state index contributed by atoms with van der Waals surface area (Å²) in [6, 6.07) is 27.0. The quantitative estimate of drug-likeness (QED) is 0.0472. The van der Waals surface area contributed by atoms with E-state index in [1.165, 1.54) is 12.1 Å². The maximum absolute atomic E-state index is 13.6. The first-order valence-electron chi connectivity index (χ1n) is 19.7. The highest BCUT2D eigenvalue weighted by Gasteiger charge is 2.74. The number of rotatable bonds is 19. The van der Waals surface area contributed by atoms with Crippen molar-refractivity contribution in [3.63, 3.8) is 0 Å². The number of Topliss-reactive ketones (excluding diaryl/α,β-unsaturated/α-hetero) is 1. The Morgan fingerprint density at radius 1 is 1.00 bits per heavy atom. The van der Waals surface area contributed by atoms with E-state index in [1.807, 2.05) is 72.1 Å². The third-order valence-electron chi connectivity index (χ3n) is 11.3. The third-order valence-corrected chi connectivity index (χ3v) is 12.2. The number of carbonyl (C=O) groups excluding carboxylic acids is 2. The molecular formula is C44H51N4O7S+. The normalized spacial score (nSPS) is 20.9. The molecule has 12 heteroatoms. The summed E-state index contributed by atoms with van der Waals surface area (Å²) in [5.41, 5.74) is 1.75. The number of phenols is 1. The van der Waals surface area contributed by atoms with Crippen LogP contribution in [-0.2, 0) is 4.74 Å². The largest absolute Gasteiger partial charge is 0.506 e. The molecule has 1 saturated heterocycles. The number of ether oxygens (including phenoxy) is 2. The zero-order valence-corrected chi connectivity index (χ0v) is 32.5. The molecule has 2 fully saturated rings. The number of nitrogens with one attached hydrogen (secondary N) is 4. The standard InChI is InChI=1S/C44H50N4O7S/c1-2-34-35-26-48(27-38(51)29-12-6-5-7-13-29)28-44(34,35)55-43(53)47-41(39-16-11-23-56-39)30-14-10-15-31(24-30)54-22-9-4-3-8-21-45-25-37(50)32-17-19-36(49)42-33(32)18-20-40(52)46-42/h5-7,10-20,23-24,34-35,37,41,45,49-50H,2-4,8-9,21-22,25-28H2,1H3,(H,46,52)(H,47,53)/p+1/t34?,35?,37-,41?,44+/m0/s1. The van der Waals surface area contributed by atoms with Gasteiger partial charge in [0.25, 0.3) is 0 Å². The van der Waals surface area contributed by atoms with Crippen LogP contribution in [0.25, 0.3) is 10.9 Å². The molecule has 294 valence electrons. The number of pyridine rings is 1. The topological polar surface area (TPSA) is 154 Å². The van der Waals surface area contributed by atoms with Crippen molar-refractivity contribution >= 4 is 34.1 Å². The van der Waals surface area contributed by atoms with Crippen LogP contribution >= 0.6 is 11.3 Å². The zero-order chi connectivity index (χ0) is 39.1. The third kappa shape index (κ3) is 9.00. The first-order valence-corrected chi connectivity index (χ1v) is 20.5. The van der Waals surface area contributed by atoms with Crippen molar-refractivity contribution in [3.8, 4) is 11.5 Å². The number of phenolic OH excluding ortho intramolecular Hbond substituents is 1. The Morgan fingerprint density at radius 3 is 2.64 bits per heavy atom. The van der Waals surface area contributed by atoms with E-state index in [9.17, 15) is 24.6 Å². The highest BCUT2D eigenvalue weighted by Crippen LogP contribution is 2.56. The number of aromatic hydroxyl groups is 1. The van der Waals surface area contributed by atoms with E-state index >= 15 is 0 Å². The lowest BCUT2D eigenvalue weighted by Crippen LogP contribution is -3.12. The SMILES string of the molecule is CCC1C2C[NH+](CC(=O)c3ccccc3)C[C@@]12OC(=O)NC(c1cccc(OCCCCCCNC[C@H](O)c2ccc(O)c3[nH]c(=O)ccc23)c1)c1cccs1. The number of aromatic nitrogens is 1. The Morgan fingerprint density at radius 2 is 1.84 bits per heavy atom.